The third kappa shape index (κ3) is 4.88. The van der Waals surface area contributed by atoms with Gasteiger partial charge in [-0.3, -0.25) is 4.79 Å². The van der Waals surface area contributed by atoms with Gasteiger partial charge in [-0.25, -0.2) is 9.67 Å². The average molecular weight is 498 g/mol. The van der Waals surface area contributed by atoms with E-state index in [2.05, 4.69) is 19.8 Å². The van der Waals surface area contributed by atoms with Gasteiger partial charge in [-0.2, -0.15) is 21.6 Å². The van der Waals surface area contributed by atoms with E-state index >= 15 is 0 Å². The van der Waals surface area contributed by atoms with Crippen molar-refractivity contribution in [1.82, 2.24) is 14.8 Å². The fraction of sp³-hybridized carbons (Fsp3) is 0.200. The quantitative estimate of drug-likeness (QED) is 0.592. The lowest BCUT2D eigenvalue weighted by molar-refractivity contribution is -0.138. The number of hydrogen-bond donors (Lipinski definition) is 1. The van der Waals surface area contributed by atoms with Crippen molar-refractivity contribution in [1.29, 1.82) is 0 Å². The van der Waals surface area contributed by atoms with Crippen molar-refractivity contribution < 1.29 is 26.4 Å². The molecule has 0 saturated heterocycles. The maximum atomic E-state index is 13.2. The van der Waals surface area contributed by atoms with E-state index in [9.17, 15) is 26.4 Å². The van der Waals surface area contributed by atoms with Crippen LogP contribution < -0.4 is 10.1 Å². The van der Waals surface area contributed by atoms with Crippen LogP contribution in [0.5, 0.6) is 0 Å². The van der Waals surface area contributed by atoms with E-state index in [1.54, 1.807) is 0 Å². The van der Waals surface area contributed by atoms with Gasteiger partial charge in [0.05, 0.1) is 11.4 Å². The number of sulfonamides is 1. The van der Waals surface area contributed by atoms with Crippen LogP contribution in [-0.4, -0.2) is 29.1 Å². The van der Waals surface area contributed by atoms with Crippen LogP contribution in [0, 0.1) is 6.92 Å². The zero-order chi connectivity index (χ0) is 22.3. The molecule has 0 saturated carbocycles. The number of nitrogens with zero attached hydrogens (tertiary/aromatic N) is 4. The van der Waals surface area contributed by atoms with E-state index in [0.29, 0.717) is 16.4 Å². The summed E-state index contributed by atoms with van der Waals surface area (Å²) in [6.45, 7) is 2.71. The van der Waals surface area contributed by atoms with Crippen molar-refractivity contribution in [3.63, 3.8) is 0 Å². The first-order valence-corrected chi connectivity index (χ1v) is 11.3. The van der Waals surface area contributed by atoms with E-state index in [0.717, 1.165) is 4.68 Å². The Hall–Kier alpha value is -2.29. The van der Waals surface area contributed by atoms with Crippen molar-refractivity contribution in [2.24, 2.45) is 4.40 Å². The Morgan fingerprint density at radius 1 is 1.23 bits per heavy atom. The van der Waals surface area contributed by atoms with Crippen LogP contribution in [0.1, 0.15) is 17.6 Å². The van der Waals surface area contributed by atoms with E-state index in [4.69, 9.17) is 11.6 Å². The molecule has 2 aromatic heterocycles. The van der Waals surface area contributed by atoms with Crippen LogP contribution in [0.15, 0.2) is 33.0 Å². The van der Waals surface area contributed by atoms with Gasteiger partial charge in [0.2, 0.25) is 20.1 Å². The molecule has 3 rings (SSSR count). The number of rotatable bonds is 4. The van der Waals surface area contributed by atoms with Crippen LogP contribution in [0.25, 0.3) is 5.69 Å². The Morgan fingerprint density at radius 2 is 1.87 bits per heavy atom. The van der Waals surface area contributed by atoms with Crippen LogP contribution in [0.4, 0.5) is 18.2 Å². The molecule has 1 aromatic carbocycles. The van der Waals surface area contributed by atoms with Crippen molar-refractivity contribution >= 4 is 55.2 Å². The standard InChI is InChI=1S/C15H11ClF3N5O3S3/c1-7-11(21-8(2)25)28-14(20-7)30(26,27)23-13-24(10-5-3-9(16)4-6-10)22-12(29-13)15(17,18)19/h3-6H,1-2H3,(H,21,25)/b23-13+. The molecule has 30 heavy (non-hydrogen) atoms. The lowest BCUT2D eigenvalue weighted by Crippen LogP contribution is -2.17. The zero-order valence-electron chi connectivity index (χ0n) is 15.1. The number of aromatic nitrogens is 3. The summed E-state index contributed by atoms with van der Waals surface area (Å²) < 4.78 is 68.7. The van der Waals surface area contributed by atoms with Crippen molar-refractivity contribution in [3.05, 3.63) is 44.8 Å². The van der Waals surface area contributed by atoms with Crippen molar-refractivity contribution in [3.8, 4) is 5.69 Å². The summed E-state index contributed by atoms with van der Waals surface area (Å²) in [5.74, 6) is -0.430. The highest BCUT2D eigenvalue weighted by Gasteiger charge is 2.36. The Morgan fingerprint density at radius 3 is 2.43 bits per heavy atom. The summed E-state index contributed by atoms with van der Waals surface area (Å²) in [6, 6.07) is 5.57. The number of carbonyl (C=O) groups is 1. The molecule has 0 radical (unpaired) electrons. The number of alkyl halides is 3. The molecule has 0 fully saturated rings. The molecule has 3 aromatic rings. The second-order valence-corrected chi connectivity index (χ2v) is 9.89. The molecule has 0 spiro atoms. The van der Waals surface area contributed by atoms with Gasteiger partial charge in [0, 0.05) is 11.9 Å². The highest BCUT2D eigenvalue weighted by molar-refractivity contribution is 7.92. The number of thiazole rings is 1. The average Bonchev–Trinajstić information content (AvgIpc) is 3.19. The number of hydrogen-bond acceptors (Lipinski definition) is 7. The number of anilines is 1. The molecule has 15 heteroatoms. The van der Waals surface area contributed by atoms with Gasteiger partial charge >= 0.3 is 16.2 Å². The monoisotopic (exact) mass is 497 g/mol. The third-order valence-electron chi connectivity index (χ3n) is 3.36. The predicted octanol–water partition coefficient (Wildman–Crippen LogP) is 3.62. The number of nitrogens with one attached hydrogen (secondary N) is 1. The second-order valence-electron chi connectivity index (χ2n) is 5.72. The molecule has 1 N–H and O–H groups in total. The van der Waals surface area contributed by atoms with E-state index < -0.39 is 36.3 Å². The fourth-order valence-corrected chi connectivity index (χ4v) is 5.46. The first-order valence-electron chi connectivity index (χ1n) is 7.86. The molecule has 1 amide bonds. The first-order chi connectivity index (χ1) is 13.9. The van der Waals surface area contributed by atoms with Gasteiger partial charge in [-0.15, -0.1) is 9.50 Å². The first kappa shape index (κ1) is 22.4. The smallest absolute Gasteiger partial charge is 0.316 e. The maximum Gasteiger partial charge on any atom is 0.445 e. The molecule has 0 aliphatic rings. The van der Waals surface area contributed by atoms with Crippen LogP contribution in [0.3, 0.4) is 0 Å². The molecule has 2 heterocycles. The van der Waals surface area contributed by atoms with Crippen molar-refractivity contribution in [2.75, 3.05) is 5.32 Å². The number of carbonyl (C=O) groups excluding carboxylic acids is 1. The highest BCUT2D eigenvalue weighted by Crippen LogP contribution is 2.31. The Balaban J connectivity index is 2.17. The zero-order valence-corrected chi connectivity index (χ0v) is 18.3. The van der Waals surface area contributed by atoms with Crippen LogP contribution in [-0.2, 0) is 21.0 Å². The van der Waals surface area contributed by atoms with E-state index in [-0.39, 0.29) is 27.7 Å². The van der Waals surface area contributed by atoms with Gasteiger partial charge in [0.25, 0.3) is 0 Å². The van der Waals surface area contributed by atoms with Crippen LogP contribution >= 0.6 is 34.3 Å². The number of amides is 1. The molecular weight excluding hydrogens is 487 g/mol. The summed E-state index contributed by atoms with van der Waals surface area (Å²) >= 11 is 6.50. The molecule has 0 aliphatic heterocycles. The molecule has 8 nitrogen and oxygen atoms in total. The molecule has 0 aliphatic carbocycles. The number of halogens is 4. The Kier molecular flexibility index (Phi) is 6.04. The molecule has 0 bridgehead atoms. The summed E-state index contributed by atoms with van der Waals surface area (Å²) in [5, 5.41) is 5.14. The minimum absolute atomic E-state index is 0.0638. The molecule has 0 atom stereocenters. The summed E-state index contributed by atoms with van der Waals surface area (Å²) in [6.07, 6.45) is -4.80. The third-order valence-corrected chi connectivity index (χ3v) is 7.38. The second kappa shape index (κ2) is 8.09. The predicted molar refractivity (Wildman–Crippen MR) is 105 cm³/mol. The fourth-order valence-electron chi connectivity index (χ4n) is 2.11. The summed E-state index contributed by atoms with van der Waals surface area (Å²) in [7, 11) is -4.48. The number of aryl methyl sites for hydroxylation is 1. The van der Waals surface area contributed by atoms with Gasteiger partial charge in [0.1, 0.15) is 5.00 Å². The lowest BCUT2D eigenvalue weighted by Gasteiger charge is -2.02. The van der Waals surface area contributed by atoms with Gasteiger partial charge in [-0.1, -0.05) is 34.3 Å². The minimum atomic E-state index is -4.80. The Labute approximate surface area is 180 Å². The van der Waals surface area contributed by atoms with Gasteiger partial charge in [-0.05, 0) is 31.2 Å². The Bertz CT molecular complexity index is 1280. The van der Waals surface area contributed by atoms with E-state index in [1.807, 2.05) is 0 Å². The molecule has 160 valence electrons. The SMILES string of the molecule is CC(=O)Nc1sc(S(=O)(=O)/N=c2/sc(C(F)(F)F)nn2-c2ccc(Cl)cc2)nc1C. The van der Waals surface area contributed by atoms with Gasteiger partial charge in [0.15, 0.2) is 0 Å². The summed E-state index contributed by atoms with van der Waals surface area (Å²) in [5.41, 5.74) is 0.365. The largest absolute Gasteiger partial charge is 0.445 e. The van der Waals surface area contributed by atoms with Gasteiger partial charge < -0.3 is 5.32 Å². The van der Waals surface area contributed by atoms with Crippen LogP contribution in [0.2, 0.25) is 5.02 Å². The maximum absolute atomic E-state index is 13.2. The molecule has 0 unspecified atom stereocenters. The molecular formula is C15H11ClF3N5O3S3. The normalized spacial score (nSPS) is 12.9. The van der Waals surface area contributed by atoms with E-state index in [1.165, 1.54) is 38.1 Å². The lowest BCUT2D eigenvalue weighted by atomic mass is 10.3. The summed E-state index contributed by atoms with van der Waals surface area (Å²) in [4.78, 5) is 14.5. The minimum Gasteiger partial charge on any atom is -0.316 e. The highest BCUT2D eigenvalue weighted by atomic mass is 35.5. The van der Waals surface area contributed by atoms with Crippen molar-refractivity contribution in [2.45, 2.75) is 24.4 Å². The number of benzene rings is 1. The topological polar surface area (TPSA) is 106 Å².